The Morgan fingerprint density at radius 3 is 2.35 bits per heavy atom. The van der Waals surface area contributed by atoms with Gasteiger partial charge in [-0.15, -0.1) is 6.58 Å². The van der Waals surface area contributed by atoms with Gasteiger partial charge in [0.05, 0.1) is 18.8 Å². The molecule has 270 valence electrons. The number of aliphatic hydroxyl groups is 1. The predicted molar refractivity (Wildman–Crippen MR) is 198 cm³/mol. The van der Waals surface area contributed by atoms with E-state index >= 15 is 0 Å². The van der Waals surface area contributed by atoms with Crippen molar-refractivity contribution in [3.8, 4) is 5.82 Å². The number of allylic oxidation sites excluding steroid dienone is 1. The second-order valence-electron chi connectivity index (χ2n) is 15.0. The highest BCUT2D eigenvalue weighted by molar-refractivity contribution is 5.77. The summed E-state index contributed by atoms with van der Waals surface area (Å²) >= 11 is 0. The van der Waals surface area contributed by atoms with Crippen LogP contribution in [0.3, 0.4) is 0 Å². The Hall–Kier alpha value is -4.59. The van der Waals surface area contributed by atoms with E-state index in [1.54, 1.807) is 42.8 Å². The number of carboxylic acid groups (broad SMARTS) is 1. The predicted octanol–water partition coefficient (Wildman–Crippen LogP) is 4.37. The number of benzene rings is 1. The molecular weight excluding hydrogens is 646 g/mol. The van der Waals surface area contributed by atoms with E-state index in [0.29, 0.717) is 40.0 Å². The largest absolute Gasteiger partial charge is 0.480 e. The van der Waals surface area contributed by atoms with Gasteiger partial charge in [-0.05, 0) is 107 Å². The van der Waals surface area contributed by atoms with E-state index in [1.165, 1.54) is 42.2 Å². The number of likely N-dealkylation sites (tertiary alicyclic amines) is 1. The van der Waals surface area contributed by atoms with Gasteiger partial charge in [-0.1, -0.05) is 12.1 Å². The molecular formula is C38H49N9O4. The van der Waals surface area contributed by atoms with Crippen molar-refractivity contribution in [3.63, 3.8) is 0 Å². The number of pyridine rings is 1. The van der Waals surface area contributed by atoms with E-state index < -0.39 is 11.6 Å². The van der Waals surface area contributed by atoms with Crippen LogP contribution < -0.4 is 15.8 Å². The summed E-state index contributed by atoms with van der Waals surface area (Å²) in [6.45, 7) is 13.5. The summed E-state index contributed by atoms with van der Waals surface area (Å²) in [5.74, 6) is 0.0902. The monoisotopic (exact) mass is 695 g/mol. The van der Waals surface area contributed by atoms with Gasteiger partial charge in [0.2, 0.25) is 5.95 Å². The van der Waals surface area contributed by atoms with Crippen LogP contribution in [0.25, 0.3) is 16.9 Å². The first kappa shape index (κ1) is 34.8. The van der Waals surface area contributed by atoms with Crippen LogP contribution in [0.4, 0.5) is 17.3 Å². The van der Waals surface area contributed by atoms with Crippen LogP contribution in [-0.4, -0.2) is 102 Å². The number of anilines is 3. The van der Waals surface area contributed by atoms with Crippen molar-refractivity contribution in [2.45, 2.75) is 70.6 Å². The van der Waals surface area contributed by atoms with Crippen LogP contribution in [0.5, 0.6) is 0 Å². The number of hydrogen-bond donors (Lipinski definition) is 3. The Kier molecular flexibility index (Phi) is 9.70. The van der Waals surface area contributed by atoms with Crippen molar-refractivity contribution in [1.29, 1.82) is 0 Å². The molecule has 3 aromatic heterocycles. The summed E-state index contributed by atoms with van der Waals surface area (Å²) in [7, 11) is 0. The molecule has 13 heteroatoms. The molecule has 0 atom stereocenters. The third-order valence-corrected chi connectivity index (χ3v) is 11.2. The molecule has 2 aliphatic heterocycles. The minimum Gasteiger partial charge on any atom is -0.480 e. The fourth-order valence-electron chi connectivity index (χ4n) is 8.18. The third kappa shape index (κ3) is 7.42. The van der Waals surface area contributed by atoms with Crippen LogP contribution in [0.15, 0.2) is 66.1 Å². The third-order valence-electron chi connectivity index (χ3n) is 11.2. The molecule has 3 aliphatic rings. The number of piperidine rings is 1. The molecule has 0 radical (unpaired) electrons. The fraction of sp³-hybridized carbons (Fsp3) is 0.500. The minimum absolute atomic E-state index is 0.170. The molecule has 1 aliphatic carbocycles. The molecule has 13 nitrogen and oxygen atoms in total. The maximum Gasteiger partial charge on any atom is 0.317 e. The van der Waals surface area contributed by atoms with Gasteiger partial charge in [0.1, 0.15) is 11.0 Å². The van der Waals surface area contributed by atoms with E-state index in [9.17, 15) is 14.7 Å². The molecule has 1 saturated carbocycles. The number of nitrogens with one attached hydrogen (secondary N) is 1. The first-order valence-electron chi connectivity index (χ1n) is 18.1. The maximum absolute atomic E-state index is 13.4. The zero-order chi connectivity index (χ0) is 35.8. The molecule has 0 amide bonds. The Labute approximate surface area is 298 Å². The molecule has 51 heavy (non-hydrogen) atoms. The average molecular weight is 696 g/mol. The van der Waals surface area contributed by atoms with Gasteiger partial charge in [-0.2, -0.15) is 4.98 Å². The Morgan fingerprint density at radius 2 is 1.71 bits per heavy atom. The molecule has 3 N–H and O–H groups in total. The fourth-order valence-corrected chi connectivity index (χ4v) is 8.18. The van der Waals surface area contributed by atoms with Crippen molar-refractivity contribution >= 4 is 34.3 Å². The highest BCUT2D eigenvalue weighted by Crippen LogP contribution is 2.45. The average Bonchev–Trinajstić information content (AvgIpc) is 3.40. The van der Waals surface area contributed by atoms with Crippen LogP contribution in [0, 0.1) is 5.41 Å². The number of fused-ring (bicyclic) bond motifs is 1. The molecule has 1 aromatic carbocycles. The molecule has 3 fully saturated rings. The first-order chi connectivity index (χ1) is 24.5. The molecule has 1 spiro atoms. The first-order valence-corrected chi connectivity index (χ1v) is 18.1. The van der Waals surface area contributed by atoms with Crippen LogP contribution in [0.1, 0.15) is 58.1 Å². The number of hydrogen-bond acceptors (Lipinski definition) is 10. The lowest BCUT2D eigenvalue weighted by atomic mass is 9.66. The van der Waals surface area contributed by atoms with Crippen LogP contribution in [-0.2, 0) is 16.9 Å². The van der Waals surface area contributed by atoms with E-state index in [4.69, 9.17) is 10.1 Å². The van der Waals surface area contributed by atoms with Crippen molar-refractivity contribution in [1.82, 2.24) is 34.1 Å². The van der Waals surface area contributed by atoms with E-state index in [1.807, 2.05) is 12.1 Å². The molecule has 0 unspecified atom stereocenters. The molecule has 2 saturated heterocycles. The SMILES string of the molecule is C=CCn1c(=O)c2cnc(Nc3ccc(N4CCN(C5CCC6(CC5)CCN(CC(=O)O)CC6)CC4)cc3)nc2n1-c1cccc(C(C)(C)O)n1. The summed E-state index contributed by atoms with van der Waals surface area (Å²) < 4.78 is 3.17. The molecule has 5 heterocycles. The highest BCUT2D eigenvalue weighted by atomic mass is 16.4. The molecule has 0 bridgehead atoms. The topological polar surface area (TPSA) is 145 Å². The lowest BCUT2D eigenvalue weighted by molar-refractivity contribution is -0.139. The number of piperazine rings is 1. The number of aromatic nitrogens is 5. The lowest BCUT2D eigenvalue weighted by Gasteiger charge is -2.49. The Morgan fingerprint density at radius 1 is 1.00 bits per heavy atom. The van der Waals surface area contributed by atoms with Crippen molar-refractivity contribution in [2.75, 3.05) is 56.0 Å². The number of carbonyl (C=O) groups is 1. The smallest absolute Gasteiger partial charge is 0.317 e. The lowest BCUT2D eigenvalue weighted by Crippen LogP contribution is -2.52. The van der Waals surface area contributed by atoms with Gasteiger partial charge in [0.25, 0.3) is 5.56 Å². The van der Waals surface area contributed by atoms with Crippen molar-refractivity contribution < 1.29 is 15.0 Å². The quantitative estimate of drug-likeness (QED) is 0.204. The normalized spacial score (nSPS) is 19.1. The van der Waals surface area contributed by atoms with Gasteiger partial charge in [0, 0.05) is 49.8 Å². The number of carboxylic acids is 1. The van der Waals surface area contributed by atoms with E-state index in [2.05, 4.69) is 48.7 Å². The number of aliphatic carboxylic acids is 1. The molecule has 4 aromatic rings. The summed E-state index contributed by atoms with van der Waals surface area (Å²) in [4.78, 5) is 45.6. The van der Waals surface area contributed by atoms with E-state index in [-0.39, 0.29) is 18.6 Å². The standard InChI is InChI=1S/C38H49N9O4/c1-4-18-46-35(50)30-25-39-36(42-34(30)47(46)32-7-5-6-31(41-32)37(2,3)51)40-27-8-10-28(11-9-27)44-21-23-45(24-22-44)29-12-14-38(15-13-29)16-19-43(20-17-38)26-33(48)49/h4-11,25,29,51H,1,12-24,26H2,2-3H3,(H,48,49)(H,39,40,42). The Bertz CT molecular complexity index is 1920. The number of nitrogens with zero attached hydrogens (tertiary/aromatic N) is 8. The summed E-state index contributed by atoms with van der Waals surface area (Å²) in [5.41, 5.74) is 1.90. The second kappa shape index (κ2) is 14.2. The van der Waals surface area contributed by atoms with Crippen LogP contribution >= 0.6 is 0 Å². The summed E-state index contributed by atoms with van der Waals surface area (Å²) in [5, 5.41) is 23.4. The maximum atomic E-state index is 13.4. The van der Waals surface area contributed by atoms with Gasteiger partial charge < -0.3 is 20.4 Å². The summed E-state index contributed by atoms with van der Waals surface area (Å²) in [6.07, 6.45) is 10.4. The van der Waals surface area contributed by atoms with Gasteiger partial charge >= 0.3 is 5.97 Å². The van der Waals surface area contributed by atoms with Crippen molar-refractivity contribution in [2.24, 2.45) is 5.41 Å². The minimum atomic E-state index is -1.16. The zero-order valence-electron chi connectivity index (χ0n) is 29.7. The highest BCUT2D eigenvalue weighted by Gasteiger charge is 2.40. The van der Waals surface area contributed by atoms with Gasteiger partial charge in [0.15, 0.2) is 11.5 Å². The second-order valence-corrected chi connectivity index (χ2v) is 15.0. The number of rotatable bonds is 10. The van der Waals surface area contributed by atoms with E-state index in [0.717, 1.165) is 57.8 Å². The molecule has 7 rings (SSSR count). The summed E-state index contributed by atoms with van der Waals surface area (Å²) in [6, 6.07) is 14.3. The Balaban J connectivity index is 0.978. The zero-order valence-corrected chi connectivity index (χ0v) is 29.7. The van der Waals surface area contributed by atoms with Gasteiger partial charge in [-0.25, -0.2) is 19.3 Å². The van der Waals surface area contributed by atoms with Gasteiger partial charge in [-0.3, -0.25) is 19.4 Å². The van der Waals surface area contributed by atoms with Crippen LogP contribution in [0.2, 0.25) is 0 Å². The van der Waals surface area contributed by atoms with Crippen molar-refractivity contribution in [3.05, 3.63) is 77.4 Å².